The Hall–Kier alpha value is -13.4. The molecule has 2 heterocycles. The maximum Gasteiger partial charge on any atom is 0.0541 e. The first kappa shape index (κ1) is 65.1. The lowest BCUT2D eigenvalue weighted by atomic mass is 9.81. The molecule has 0 saturated heterocycles. The second kappa shape index (κ2) is 27.2. The molecule has 109 heavy (non-hydrogen) atoms. The summed E-state index contributed by atoms with van der Waals surface area (Å²) in [6.45, 7) is 6.70. The lowest BCUT2D eigenvalue weighted by Gasteiger charge is -2.23. The van der Waals surface area contributed by atoms with Gasteiger partial charge in [-0.2, -0.15) is 0 Å². The zero-order valence-electron chi connectivity index (χ0n) is 61.4. The van der Waals surface area contributed by atoms with Crippen molar-refractivity contribution in [3.63, 3.8) is 0 Å². The van der Waals surface area contributed by atoms with Gasteiger partial charge >= 0.3 is 0 Å². The van der Waals surface area contributed by atoms with Crippen molar-refractivity contribution in [2.45, 2.75) is 46.5 Å². The van der Waals surface area contributed by atoms with E-state index < -0.39 is 0 Å². The van der Waals surface area contributed by atoms with Crippen LogP contribution in [0, 0.1) is 20.8 Å². The minimum Gasteiger partial charge on any atom is -0.309 e. The number of aromatic nitrogens is 2. The summed E-state index contributed by atoms with van der Waals surface area (Å²) in [6.07, 6.45) is 4.88. The average Bonchev–Trinajstić information content (AvgIpc) is 1.36. The molecule has 2 aromatic heterocycles. The molecule has 0 spiro atoms. The van der Waals surface area contributed by atoms with Gasteiger partial charge in [-0.15, -0.1) is 0 Å². The van der Waals surface area contributed by atoms with Gasteiger partial charge in [0.25, 0.3) is 0 Å². The summed E-state index contributed by atoms with van der Waals surface area (Å²) < 4.78 is 4.84. The highest BCUT2D eigenvalue weighted by Crippen LogP contribution is 2.49. The Kier molecular flexibility index (Phi) is 16.2. The summed E-state index contributed by atoms with van der Waals surface area (Å²) in [5.74, 6) is 0. The smallest absolute Gasteiger partial charge is 0.0541 e. The molecule has 516 valence electrons. The van der Waals surface area contributed by atoms with E-state index in [9.17, 15) is 0 Å². The Balaban J connectivity index is 0.000000143. The van der Waals surface area contributed by atoms with Crippen molar-refractivity contribution in [2.24, 2.45) is 0 Å². The third kappa shape index (κ3) is 11.3. The van der Waals surface area contributed by atoms with Gasteiger partial charge in [0.1, 0.15) is 0 Å². The van der Waals surface area contributed by atoms with Gasteiger partial charge in [0.15, 0.2) is 0 Å². The lowest BCUT2D eigenvalue weighted by molar-refractivity contribution is 0.687. The second-order valence-electron chi connectivity index (χ2n) is 29.8. The number of benzene rings is 18. The van der Waals surface area contributed by atoms with E-state index >= 15 is 0 Å². The molecule has 0 fully saturated rings. The first-order valence-electron chi connectivity index (χ1n) is 38.5. The Morgan fingerprint density at radius 1 is 0.202 bits per heavy atom. The van der Waals surface area contributed by atoms with Crippen molar-refractivity contribution in [1.29, 1.82) is 0 Å². The van der Waals surface area contributed by atoms with Crippen molar-refractivity contribution in [3.8, 4) is 100 Å². The zero-order valence-corrected chi connectivity index (χ0v) is 61.4. The molecule has 2 heteroatoms. The van der Waals surface area contributed by atoms with Crippen molar-refractivity contribution >= 4 is 86.7 Å². The molecule has 2 nitrogen and oxygen atoms in total. The zero-order chi connectivity index (χ0) is 72.6. The quantitative estimate of drug-likeness (QED) is 0.121. The van der Waals surface area contributed by atoms with E-state index in [0.717, 1.165) is 17.8 Å². The van der Waals surface area contributed by atoms with Gasteiger partial charge in [-0.3, -0.25) is 0 Å². The number of hydrogen-bond donors (Lipinski definition) is 0. The Labute approximate surface area is 636 Å². The van der Waals surface area contributed by atoms with E-state index in [-0.39, 0.29) is 0 Å². The van der Waals surface area contributed by atoms with E-state index in [1.54, 1.807) is 5.56 Å². The van der Waals surface area contributed by atoms with Gasteiger partial charge in [-0.1, -0.05) is 315 Å². The first-order valence-corrected chi connectivity index (χ1v) is 38.5. The molecule has 0 radical (unpaired) electrons. The van der Waals surface area contributed by atoms with Crippen molar-refractivity contribution in [1.82, 2.24) is 9.13 Å². The van der Waals surface area contributed by atoms with E-state index in [0.29, 0.717) is 0 Å². The van der Waals surface area contributed by atoms with Crippen LogP contribution in [0.15, 0.2) is 370 Å². The predicted octanol–water partition coefficient (Wildman–Crippen LogP) is 29.3. The molecule has 1 aliphatic rings. The molecule has 0 bridgehead atoms. The summed E-state index contributed by atoms with van der Waals surface area (Å²) in [6, 6.07) is 137. The molecule has 1 aliphatic carbocycles. The fraction of sp³-hybridized carbons (Fsp3) is 0.0654. The molecule has 0 amide bonds. The Morgan fingerprint density at radius 3 is 0.927 bits per heavy atom. The standard InChI is InChI=1S/C54H39N.C53H39N/c1-2-13-36(14-3-1)37-25-27-38(28-26-37)41-31-34-52-50(35-41)44-18-10-11-24-51(44)55(52)42-32-29-40(30-33-42)53-46-19-6-8-21-48(46)54(49-22-9-7-20-47(49)53)45-23-12-16-39-15-4-5-17-43(39)45;1-34-31-35(2)51(36(3)32-34)53-46-18-9-7-16-44(46)52(45-17-8-10-19-47(45)53)40-25-28-42(29-26-40)54-49-20-12-11-15-43(49)48-33-41(27-30-50(48)54)39-23-21-38(22-24-39)37-13-5-4-6-14-37/h1-3,6-14,16,18-35H,4-5,15,17H2;4-33H,1-3H3. The van der Waals surface area contributed by atoms with Crippen LogP contribution in [0.5, 0.6) is 0 Å². The van der Waals surface area contributed by atoms with E-state index in [4.69, 9.17) is 0 Å². The molecule has 0 unspecified atom stereocenters. The fourth-order valence-electron chi connectivity index (χ4n) is 18.4. The third-order valence-electron chi connectivity index (χ3n) is 23.3. The minimum atomic E-state index is 1.15. The third-order valence-corrected chi connectivity index (χ3v) is 23.3. The maximum atomic E-state index is 2.43. The normalized spacial score (nSPS) is 12.2. The molecular formula is C107H78N2. The van der Waals surface area contributed by atoms with Crippen LogP contribution in [0.25, 0.3) is 187 Å². The van der Waals surface area contributed by atoms with Crippen LogP contribution < -0.4 is 0 Å². The van der Waals surface area contributed by atoms with Crippen LogP contribution in [0.4, 0.5) is 0 Å². The van der Waals surface area contributed by atoms with Crippen molar-refractivity contribution in [2.75, 3.05) is 0 Å². The number of rotatable bonds is 10. The maximum absolute atomic E-state index is 2.43. The Bertz CT molecular complexity index is 6800. The molecule has 18 aromatic carbocycles. The van der Waals surface area contributed by atoms with Crippen molar-refractivity contribution in [3.05, 3.63) is 398 Å². The van der Waals surface area contributed by atoms with Gasteiger partial charge in [-0.05, 0) is 261 Å². The molecule has 0 N–H and O–H groups in total. The van der Waals surface area contributed by atoms with Gasteiger partial charge in [0.2, 0.25) is 0 Å². The van der Waals surface area contributed by atoms with Gasteiger partial charge in [0.05, 0.1) is 22.1 Å². The molecule has 20 aromatic rings. The molecule has 0 aliphatic heterocycles. The lowest BCUT2D eigenvalue weighted by Crippen LogP contribution is -2.04. The fourth-order valence-corrected chi connectivity index (χ4v) is 18.4. The summed E-state index contributed by atoms with van der Waals surface area (Å²) in [4.78, 5) is 0. The number of hydrogen-bond acceptors (Lipinski definition) is 0. The van der Waals surface area contributed by atoms with Crippen LogP contribution in [0.3, 0.4) is 0 Å². The van der Waals surface area contributed by atoms with Gasteiger partial charge in [0, 0.05) is 32.9 Å². The van der Waals surface area contributed by atoms with Crippen LogP contribution in [0.2, 0.25) is 0 Å². The Morgan fingerprint density at radius 2 is 0.514 bits per heavy atom. The highest BCUT2D eigenvalue weighted by molar-refractivity contribution is 6.24. The topological polar surface area (TPSA) is 9.86 Å². The van der Waals surface area contributed by atoms with E-state index in [1.165, 1.54) is 217 Å². The van der Waals surface area contributed by atoms with Crippen LogP contribution in [0.1, 0.15) is 40.7 Å². The minimum absolute atomic E-state index is 1.15. The number of nitrogens with zero attached hydrogens (tertiary/aromatic N) is 2. The summed E-state index contributed by atoms with van der Waals surface area (Å²) in [7, 11) is 0. The number of fused-ring (bicyclic) bond motifs is 11. The van der Waals surface area contributed by atoms with E-state index in [2.05, 4.69) is 400 Å². The first-order chi connectivity index (χ1) is 53.8. The molecule has 0 saturated carbocycles. The monoisotopic (exact) mass is 1390 g/mol. The average molecular weight is 1390 g/mol. The highest BCUT2D eigenvalue weighted by atomic mass is 15.0. The summed E-state index contributed by atoms with van der Waals surface area (Å²) in [5, 5.41) is 15.4. The predicted molar refractivity (Wildman–Crippen MR) is 466 cm³/mol. The molecule has 0 atom stereocenters. The number of para-hydroxylation sites is 2. The number of aryl methyl sites for hydroxylation is 4. The highest BCUT2D eigenvalue weighted by Gasteiger charge is 2.24. The van der Waals surface area contributed by atoms with E-state index in [1.807, 2.05) is 0 Å². The largest absolute Gasteiger partial charge is 0.309 e. The summed E-state index contributed by atoms with van der Waals surface area (Å²) >= 11 is 0. The molecular weight excluding hydrogens is 1310 g/mol. The van der Waals surface area contributed by atoms with Crippen LogP contribution in [-0.4, -0.2) is 9.13 Å². The summed E-state index contributed by atoms with van der Waals surface area (Å²) in [5.41, 5.74) is 34.5. The van der Waals surface area contributed by atoms with Crippen LogP contribution in [-0.2, 0) is 12.8 Å². The van der Waals surface area contributed by atoms with Crippen LogP contribution >= 0.6 is 0 Å². The SMILES string of the molecule is Cc1cc(C)c(-c2c3ccccc3c(-c3ccc(-n4c5ccccc5c5cc(-c6ccc(-c7ccccc7)cc6)ccc54)cc3)c3ccccc23)c(C)c1.c1ccc(-c2ccc(-c3ccc4c(c3)c3ccccc3n4-c3ccc(-c4c5ccccc5c(-c5cccc6c5CCCC6)c5ccccc45)cc3)cc2)cc1. The second-order valence-corrected chi connectivity index (χ2v) is 29.8. The van der Waals surface area contributed by atoms with Gasteiger partial charge in [-0.25, -0.2) is 0 Å². The molecule has 21 rings (SSSR count). The van der Waals surface area contributed by atoms with Gasteiger partial charge < -0.3 is 9.13 Å². The van der Waals surface area contributed by atoms with Crippen molar-refractivity contribution < 1.29 is 0 Å².